The molecule has 1 aromatic rings. The maximum absolute atomic E-state index is 12.5. The normalized spacial score (nSPS) is 23.0. The van der Waals surface area contributed by atoms with Gasteiger partial charge in [-0.2, -0.15) is 0 Å². The number of fused-ring (bicyclic) bond motifs is 1. The van der Waals surface area contributed by atoms with Gasteiger partial charge in [0.1, 0.15) is 0 Å². The van der Waals surface area contributed by atoms with Crippen LogP contribution < -0.4 is 0 Å². The Morgan fingerprint density at radius 3 is 2.30 bits per heavy atom. The van der Waals surface area contributed by atoms with Crippen LogP contribution in [0.3, 0.4) is 0 Å². The van der Waals surface area contributed by atoms with Gasteiger partial charge in [0, 0.05) is 12.6 Å². The van der Waals surface area contributed by atoms with Crippen LogP contribution in [-0.4, -0.2) is 23.8 Å². The molecule has 3 heteroatoms. The Morgan fingerprint density at radius 1 is 1.20 bits per heavy atom. The van der Waals surface area contributed by atoms with Gasteiger partial charge in [0.2, 0.25) is 5.91 Å². The number of imide groups is 1. The summed E-state index contributed by atoms with van der Waals surface area (Å²) in [6, 6.07) is 5.91. The molecule has 0 fully saturated rings. The van der Waals surface area contributed by atoms with E-state index in [1.54, 1.807) is 7.05 Å². The molecule has 0 saturated heterocycles. The number of hydrogen-bond donors (Lipinski definition) is 0. The molecule has 0 aliphatic carbocycles. The quantitative estimate of drug-likeness (QED) is 0.736. The molecule has 0 spiro atoms. The van der Waals surface area contributed by atoms with Crippen LogP contribution in [0.15, 0.2) is 18.2 Å². The second-order valence-corrected chi connectivity index (χ2v) is 6.87. The van der Waals surface area contributed by atoms with Gasteiger partial charge in [-0.15, -0.1) is 0 Å². The molecule has 2 amide bonds. The maximum atomic E-state index is 12.5. The van der Waals surface area contributed by atoms with Crippen LogP contribution in [-0.2, 0) is 15.6 Å². The number of nitrogens with zero attached hydrogens (tertiary/aromatic N) is 1. The van der Waals surface area contributed by atoms with Gasteiger partial charge >= 0.3 is 0 Å². The number of benzene rings is 1. The van der Waals surface area contributed by atoms with Crippen molar-refractivity contribution >= 4 is 11.8 Å². The smallest absolute Gasteiger partial charge is 0.260 e. The monoisotopic (exact) mass is 273 g/mol. The molecular formula is C17H23NO2. The number of carbonyl (C=O) groups is 2. The molecular weight excluding hydrogens is 250 g/mol. The van der Waals surface area contributed by atoms with Gasteiger partial charge in [0.15, 0.2) is 0 Å². The van der Waals surface area contributed by atoms with Crippen molar-refractivity contribution in [2.24, 2.45) is 0 Å². The highest BCUT2D eigenvalue weighted by Gasteiger charge is 2.45. The molecule has 0 N–H and O–H groups in total. The minimum absolute atomic E-state index is 0.000867. The summed E-state index contributed by atoms with van der Waals surface area (Å²) >= 11 is 0. The van der Waals surface area contributed by atoms with E-state index in [-0.39, 0.29) is 17.2 Å². The van der Waals surface area contributed by atoms with Crippen molar-refractivity contribution in [1.29, 1.82) is 0 Å². The summed E-state index contributed by atoms with van der Waals surface area (Å²) in [5, 5.41) is 0. The van der Waals surface area contributed by atoms with E-state index in [1.165, 1.54) is 4.90 Å². The van der Waals surface area contributed by atoms with Gasteiger partial charge in [0.25, 0.3) is 5.91 Å². The lowest BCUT2D eigenvalue weighted by Crippen LogP contribution is -2.51. The molecule has 0 radical (unpaired) electrons. The first kappa shape index (κ1) is 14.8. The highest BCUT2D eigenvalue weighted by molar-refractivity contribution is 6.12. The Balaban J connectivity index is 2.73. The lowest BCUT2D eigenvalue weighted by atomic mass is 9.72. The fraction of sp³-hybridized carbons (Fsp3) is 0.529. The largest absolute Gasteiger partial charge is 0.281 e. The number of hydrogen-bond acceptors (Lipinski definition) is 2. The van der Waals surface area contributed by atoms with Crippen LogP contribution in [0.4, 0.5) is 0 Å². The summed E-state index contributed by atoms with van der Waals surface area (Å²) in [6.45, 7) is 10.3. The van der Waals surface area contributed by atoms with E-state index in [4.69, 9.17) is 0 Å². The van der Waals surface area contributed by atoms with Crippen molar-refractivity contribution in [3.8, 4) is 0 Å². The first-order valence-electron chi connectivity index (χ1n) is 7.10. The van der Waals surface area contributed by atoms with E-state index < -0.39 is 5.41 Å². The van der Waals surface area contributed by atoms with Crippen LogP contribution in [0.1, 0.15) is 62.5 Å². The predicted octanol–water partition coefficient (Wildman–Crippen LogP) is 3.26. The average molecular weight is 273 g/mol. The molecule has 1 atom stereocenters. The van der Waals surface area contributed by atoms with Gasteiger partial charge in [-0.3, -0.25) is 14.5 Å². The van der Waals surface area contributed by atoms with Crippen LogP contribution in [0.25, 0.3) is 0 Å². The van der Waals surface area contributed by atoms with E-state index in [9.17, 15) is 9.59 Å². The number of rotatable bonds is 1. The molecule has 0 saturated carbocycles. The molecule has 1 unspecified atom stereocenters. The van der Waals surface area contributed by atoms with Crippen molar-refractivity contribution in [3.63, 3.8) is 0 Å². The van der Waals surface area contributed by atoms with Crippen molar-refractivity contribution in [3.05, 3.63) is 34.9 Å². The Hall–Kier alpha value is -1.64. The van der Waals surface area contributed by atoms with Crippen LogP contribution in [0.2, 0.25) is 0 Å². The van der Waals surface area contributed by atoms with E-state index >= 15 is 0 Å². The molecule has 1 aliphatic heterocycles. The SMILES string of the molecule is CCC1(C)C(=O)N(C)C(=O)c2ccc(C(C)(C)C)cc21. The summed E-state index contributed by atoms with van der Waals surface area (Å²) in [7, 11) is 1.57. The first-order chi connectivity index (χ1) is 9.13. The second-order valence-electron chi connectivity index (χ2n) is 6.87. The van der Waals surface area contributed by atoms with Crippen LogP contribution >= 0.6 is 0 Å². The average Bonchev–Trinajstić information content (AvgIpc) is 2.41. The zero-order chi connectivity index (χ0) is 15.3. The van der Waals surface area contributed by atoms with Gasteiger partial charge in [-0.1, -0.05) is 39.8 Å². The standard InChI is InChI=1S/C17H23NO2/c1-7-17(5)13-10-11(16(2,3)4)8-9-12(13)14(19)18(6)15(17)20/h8-10H,7H2,1-6H3. The molecule has 20 heavy (non-hydrogen) atoms. The summed E-state index contributed by atoms with van der Waals surface area (Å²) < 4.78 is 0. The Kier molecular flexibility index (Phi) is 3.28. The summed E-state index contributed by atoms with van der Waals surface area (Å²) in [5.41, 5.74) is 2.07. The van der Waals surface area contributed by atoms with Crippen LogP contribution in [0, 0.1) is 0 Å². The van der Waals surface area contributed by atoms with E-state index in [2.05, 4.69) is 20.8 Å². The molecule has 2 rings (SSSR count). The van der Waals surface area contributed by atoms with Crippen LogP contribution in [0.5, 0.6) is 0 Å². The zero-order valence-corrected chi connectivity index (χ0v) is 13.2. The highest BCUT2D eigenvalue weighted by Crippen LogP contribution is 2.39. The topological polar surface area (TPSA) is 37.4 Å². The third-order valence-electron chi connectivity index (χ3n) is 4.50. The molecule has 1 heterocycles. The number of likely N-dealkylation sites (N-methyl/N-ethyl adjacent to an activating group) is 1. The van der Waals surface area contributed by atoms with Crippen molar-refractivity contribution < 1.29 is 9.59 Å². The lowest BCUT2D eigenvalue weighted by Gasteiger charge is -2.38. The Morgan fingerprint density at radius 2 is 1.80 bits per heavy atom. The third-order valence-corrected chi connectivity index (χ3v) is 4.50. The fourth-order valence-corrected chi connectivity index (χ4v) is 2.75. The number of amides is 2. The summed E-state index contributed by atoms with van der Waals surface area (Å²) in [6.07, 6.45) is 0.685. The third kappa shape index (κ3) is 1.96. The molecule has 0 bridgehead atoms. The van der Waals surface area contributed by atoms with Gasteiger partial charge in [-0.05, 0) is 36.0 Å². The number of carbonyl (C=O) groups excluding carboxylic acids is 2. The van der Waals surface area contributed by atoms with Crippen molar-refractivity contribution in [1.82, 2.24) is 4.90 Å². The molecule has 1 aliphatic rings. The summed E-state index contributed by atoms with van der Waals surface area (Å²) in [5.74, 6) is -0.306. The summed E-state index contributed by atoms with van der Waals surface area (Å²) in [4.78, 5) is 26.1. The van der Waals surface area contributed by atoms with Crippen molar-refractivity contribution in [2.75, 3.05) is 7.05 Å². The first-order valence-corrected chi connectivity index (χ1v) is 7.10. The fourth-order valence-electron chi connectivity index (χ4n) is 2.75. The molecule has 0 aromatic heterocycles. The molecule has 1 aromatic carbocycles. The lowest BCUT2D eigenvalue weighted by molar-refractivity contribution is -0.133. The molecule has 108 valence electrons. The minimum Gasteiger partial charge on any atom is -0.281 e. The van der Waals surface area contributed by atoms with E-state index in [0.717, 1.165) is 11.1 Å². The van der Waals surface area contributed by atoms with Gasteiger partial charge in [0.05, 0.1) is 5.41 Å². The molecule has 3 nitrogen and oxygen atoms in total. The Labute approximate surface area is 121 Å². The predicted molar refractivity (Wildman–Crippen MR) is 79.9 cm³/mol. The van der Waals surface area contributed by atoms with E-state index in [0.29, 0.717) is 12.0 Å². The second kappa shape index (κ2) is 4.44. The van der Waals surface area contributed by atoms with Gasteiger partial charge in [-0.25, -0.2) is 0 Å². The van der Waals surface area contributed by atoms with E-state index in [1.807, 2.05) is 32.0 Å². The maximum Gasteiger partial charge on any atom is 0.260 e. The Bertz CT molecular complexity index is 583. The minimum atomic E-state index is -0.612. The van der Waals surface area contributed by atoms with Gasteiger partial charge < -0.3 is 0 Å². The van der Waals surface area contributed by atoms with Crippen molar-refractivity contribution in [2.45, 2.75) is 51.9 Å². The zero-order valence-electron chi connectivity index (χ0n) is 13.2. The highest BCUT2D eigenvalue weighted by atomic mass is 16.2.